The molecule has 0 saturated carbocycles. The van der Waals surface area contributed by atoms with E-state index in [2.05, 4.69) is 20.4 Å². The fourth-order valence-corrected chi connectivity index (χ4v) is 2.87. The van der Waals surface area contributed by atoms with Crippen LogP contribution in [0, 0.1) is 5.82 Å². The lowest BCUT2D eigenvalue weighted by Crippen LogP contribution is -2.39. The van der Waals surface area contributed by atoms with Crippen molar-refractivity contribution in [1.82, 2.24) is 25.0 Å². The highest BCUT2D eigenvalue weighted by Gasteiger charge is 2.09. The van der Waals surface area contributed by atoms with E-state index in [4.69, 9.17) is 0 Å². The van der Waals surface area contributed by atoms with Gasteiger partial charge in [0.05, 0.1) is 13.1 Å². The van der Waals surface area contributed by atoms with E-state index in [1.165, 1.54) is 24.2 Å². The van der Waals surface area contributed by atoms with Crippen LogP contribution < -0.4 is 5.32 Å². The second-order valence-electron chi connectivity index (χ2n) is 5.17. The normalized spacial score (nSPS) is 11.1. The summed E-state index contributed by atoms with van der Waals surface area (Å²) in [5.74, 6) is 2.20. The summed E-state index contributed by atoms with van der Waals surface area (Å²) in [6.45, 7) is 4.02. The fourth-order valence-electron chi connectivity index (χ4n) is 2.09. The number of halogens is 2. The van der Waals surface area contributed by atoms with Crippen LogP contribution in [0.5, 0.6) is 0 Å². The van der Waals surface area contributed by atoms with Crippen molar-refractivity contribution in [3.05, 3.63) is 42.2 Å². The molecule has 25 heavy (non-hydrogen) atoms. The SMILES string of the molecule is CCNC(=NCCSc1ccccc1F)N(C)Cc1ncnn1C.I. The van der Waals surface area contributed by atoms with E-state index in [1.807, 2.05) is 32.0 Å². The Morgan fingerprint density at radius 1 is 1.40 bits per heavy atom. The molecule has 0 aliphatic carbocycles. The average Bonchev–Trinajstić information content (AvgIpc) is 2.97. The van der Waals surface area contributed by atoms with Crippen LogP contribution in [0.25, 0.3) is 0 Å². The lowest BCUT2D eigenvalue weighted by Gasteiger charge is -2.21. The second-order valence-corrected chi connectivity index (χ2v) is 6.31. The molecular formula is C16H24FIN6S. The lowest BCUT2D eigenvalue weighted by atomic mass is 10.3. The summed E-state index contributed by atoms with van der Waals surface area (Å²) in [5.41, 5.74) is 0. The molecule has 0 radical (unpaired) electrons. The van der Waals surface area contributed by atoms with Crippen LogP contribution in [-0.2, 0) is 13.6 Å². The molecule has 0 aliphatic rings. The van der Waals surface area contributed by atoms with Gasteiger partial charge < -0.3 is 10.2 Å². The summed E-state index contributed by atoms with van der Waals surface area (Å²) >= 11 is 1.47. The molecule has 0 amide bonds. The molecule has 6 nitrogen and oxygen atoms in total. The van der Waals surface area contributed by atoms with Gasteiger partial charge in [-0.25, -0.2) is 9.37 Å². The van der Waals surface area contributed by atoms with Crippen molar-refractivity contribution in [1.29, 1.82) is 0 Å². The summed E-state index contributed by atoms with van der Waals surface area (Å²) in [5, 5.41) is 7.33. The lowest BCUT2D eigenvalue weighted by molar-refractivity contribution is 0.449. The molecule has 9 heteroatoms. The predicted molar refractivity (Wildman–Crippen MR) is 111 cm³/mol. The van der Waals surface area contributed by atoms with Crippen molar-refractivity contribution in [2.24, 2.45) is 12.0 Å². The smallest absolute Gasteiger partial charge is 0.194 e. The van der Waals surface area contributed by atoms with E-state index in [0.29, 0.717) is 23.7 Å². The number of aryl methyl sites for hydroxylation is 1. The molecule has 0 aliphatic heterocycles. The van der Waals surface area contributed by atoms with Gasteiger partial charge in [0.2, 0.25) is 0 Å². The highest BCUT2D eigenvalue weighted by Crippen LogP contribution is 2.20. The van der Waals surface area contributed by atoms with Gasteiger partial charge in [0, 0.05) is 31.3 Å². The van der Waals surface area contributed by atoms with E-state index in [9.17, 15) is 4.39 Å². The van der Waals surface area contributed by atoms with Crippen molar-refractivity contribution in [2.75, 3.05) is 25.9 Å². The second kappa shape index (κ2) is 11.3. The molecule has 1 heterocycles. The largest absolute Gasteiger partial charge is 0.357 e. The van der Waals surface area contributed by atoms with E-state index in [0.717, 1.165) is 18.3 Å². The number of aromatic nitrogens is 3. The molecular weight excluding hydrogens is 454 g/mol. The maximum Gasteiger partial charge on any atom is 0.194 e. The molecule has 0 atom stereocenters. The third kappa shape index (κ3) is 6.81. The van der Waals surface area contributed by atoms with E-state index >= 15 is 0 Å². The zero-order valence-corrected chi connectivity index (χ0v) is 17.8. The van der Waals surface area contributed by atoms with Gasteiger partial charge in [-0.05, 0) is 19.1 Å². The Kier molecular flexibility index (Phi) is 9.79. The molecule has 1 aromatic heterocycles. The Morgan fingerprint density at radius 3 is 2.80 bits per heavy atom. The van der Waals surface area contributed by atoms with Gasteiger partial charge in [-0.3, -0.25) is 9.67 Å². The Morgan fingerprint density at radius 2 is 2.16 bits per heavy atom. The zero-order valence-electron chi connectivity index (χ0n) is 14.6. The summed E-state index contributed by atoms with van der Waals surface area (Å²) in [6.07, 6.45) is 1.54. The number of rotatable bonds is 7. The molecule has 2 rings (SSSR count). The van der Waals surface area contributed by atoms with Crippen LogP contribution in [0.15, 0.2) is 40.5 Å². The van der Waals surface area contributed by atoms with Gasteiger partial charge in [0.15, 0.2) is 5.96 Å². The van der Waals surface area contributed by atoms with Crippen LogP contribution in [0.1, 0.15) is 12.7 Å². The summed E-state index contributed by atoms with van der Waals surface area (Å²) in [7, 11) is 3.82. The molecule has 1 N–H and O–H groups in total. The molecule has 0 fully saturated rings. The first-order chi connectivity index (χ1) is 11.6. The fraction of sp³-hybridized carbons (Fsp3) is 0.438. The summed E-state index contributed by atoms with van der Waals surface area (Å²) in [4.78, 5) is 11.5. The topological polar surface area (TPSA) is 58.3 Å². The molecule has 1 aromatic carbocycles. The maximum atomic E-state index is 13.6. The van der Waals surface area contributed by atoms with Crippen LogP contribution >= 0.6 is 35.7 Å². The Hall–Kier alpha value is -1.36. The van der Waals surface area contributed by atoms with Crippen LogP contribution in [-0.4, -0.2) is 51.5 Å². The van der Waals surface area contributed by atoms with Gasteiger partial charge in [-0.15, -0.1) is 35.7 Å². The molecule has 0 unspecified atom stereocenters. The standard InChI is InChI=1S/C16H23FN6S.HI/c1-4-18-16(22(2)11-15-20-12-21-23(15)3)19-9-10-24-14-8-6-5-7-13(14)17;/h5-8,12H,4,9-11H2,1-3H3,(H,18,19);1H. The minimum absolute atomic E-state index is 0. The Balaban J connectivity index is 0.00000312. The number of nitrogens with one attached hydrogen (secondary N) is 1. The summed E-state index contributed by atoms with van der Waals surface area (Å²) < 4.78 is 15.3. The van der Waals surface area contributed by atoms with Crippen molar-refractivity contribution in [2.45, 2.75) is 18.4 Å². The highest BCUT2D eigenvalue weighted by atomic mass is 127. The molecule has 0 saturated heterocycles. The van der Waals surface area contributed by atoms with Crippen molar-refractivity contribution < 1.29 is 4.39 Å². The predicted octanol–water partition coefficient (Wildman–Crippen LogP) is 2.76. The number of hydrogen-bond acceptors (Lipinski definition) is 4. The number of aliphatic imine (C=N–C) groups is 1. The first kappa shape index (κ1) is 21.7. The number of guanidine groups is 1. The molecule has 2 aromatic rings. The molecule has 138 valence electrons. The minimum atomic E-state index is -0.183. The number of thioether (sulfide) groups is 1. The average molecular weight is 478 g/mol. The van der Waals surface area contributed by atoms with Gasteiger partial charge in [-0.2, -0.15) is 5.10 Å². The van der Waals surface area contributed by atoms with E-state index in [-0.39, 0.29) is 29.8 Å². The number of benzene rings is 1. The van der Waals surface area contributed by atoms with Crippen LogP contribution in [0.3, 0.4) is 0 Å². The van der Waals surface area contributed by atoms with E-state index < -0.39 is 0 Å². The van der Waals surface area contributed by atoms with Crippen LogP contribution in [0.2, 0.25) is 0 Å². The quantitative estimate of drug-likeness (QED) is 0.218. The third-order valence-corrected chi connectivity index (χ3v) is 4.36. The van der Waals surface area contributed by atoms with Gasteiger partial charge in [0.1, 0.15) is 18.0 Å². The van der Waals surface area contributed by atoms with Crippen molar-refractivity contribution >= 4 is 41.7 Å². The Labute approximate surface area is 169 Å². The monoisotopic (exact) mass is 478 g/mol. The molecule has 0 bridgehead atoms. The highest BCUT2D eigenvalue weighted by molar-refractivity contribution is 14.0. The minimum Gasteiger partial charge on any atom is -0.357 e. The zero-order chi connectivity index (χ0) is 17.4. The molecule has 0 spiro atoms. The third-order valence-electron chi connectivity index (χ3n) is 3.33. The summed E-state index contributed by atoms with van der Waals surface area (Å²) in [6, 6.07) is 6.80. The number of nitrogens with zero attached hydrogens (tertiary/aromatic N) is 5. The first-order valence-corrected chi connectivity index (χ1v) is 8.80. The van der Waals surface area contributed by atoms with Crippen molar-refractivity contribution in [3.63, 3.8) is 0 Å². The van der Waals surface area contributed by atoms with Gasteiger partial charge >= 0.3 is 0 Å². The Bertz CT molecular complexity index is 678. The van der Waals surface area contributed by atoms with Crippen LogP contribution in [0.4, 0.5) is 4.39 Å². The number of hydrogen-bond donors (Lipinski definition) is 1. The van der Waals surface area contributed by atoms with Crippen molar-refractivity contribution in [3.8, 4) is 0 Å². The van der Waals surface area contributed by atoms with Gasteiger partial charge in [-0.1, -0.05) is 12.1 Å². The van der Waals surface area contributed by atoms with Gasteiger partial charge in [0.25, 0.3) is 0 Å². The first-order valence-electron chi connectivity index (χ1n) is 7.81. The van der Waals surface area contributed by atoms with E-state index in [1.54, 1.807) is 16.8 Å². The maximum absolute atomic E-state index is 13.6.